The molecule has 2 N–H and O–H groups in total. The molecule has 1 fully saturated rings. The number of carbonyl (C=O) groups excluding carboxylic acids is 2. The van der Waals surface area contributed by atoms with Crippen molar-refractivity contribution in [3.05, 3.63) is 70.7 Å². The number of carbonyl (C=O) groups is 3. The summed E-state index contributed by atoms with van der Waals surface area (Å²) < 4.78 is 31.7. The lowest BCUT2D eigenvalue weighted by Gasteiger charge is -2.30. The SMILES string of the molecule is CC(CN(CCC(=O)N1CCNCC1)C(=O)c1cccc(Cl)c1)c1ccccc1.O=C(O)C(F)(F)F. The molecule has 0 aliphatic carbocycles. The Morgan fingerprint density at radius 3 is 2.25 bits per heavy atom. The van der Waals surface area contributed by atoms with Crippen LogP contribution in [0.25, 0.3) is 0 Å². The molecular weight excluding hydrogens is 499 g/mol. The topological polar surface area (TPSA) is 90.0 Å². The van der Waals surface area contributed by atoms with Gasteiger partial charge in [-0.3, -0.25) is 9.59 Å². The van der Waals surface area contributed by atoms with Gasteiger partial charge in [0.05, 0.1) is 0 Å². The van der Waals surface area contributed by atoms with Gasteiger partial charge in [-0.05, 0) is 29.7 Å². The number of hydrogen-bond acceptors (Lipinski definition) is 4. The Balaban J connectivity index is 0.000000572. The molecule has 11 heteroatoms. The van der Waals surface area contributed by atoms with Crippen LogP contribution in [0.5, 0.6) is 0 Å². The first-order valence-corrected chi connectivity index (χ1v) is 11.7. The summed E-state index contributed by atoms with van der Waals surface area (Å²) >= 11 is 6.09. The number of piperazine rings is 1. The largest absolute Gasteiger partial charge is 0.490 e. The van der Waals surface area contributed by atoms with Crippen LogP contribution in [0.3, 0.4) is 0 Å². The Morgan fingerprint density at radius 1 is 1.08 bits per heavy atom. The summed E-state index contributed by atoms with van der Waals surface area (Å²) in [5, 5.41) is 10.9. The number of rotatable bonds is 7. The van der Waals surface area contributed by atoms with Gasteiger partial charge in [0.15, 0.2) is 0 Å². The molecule has 2 aromatic rings. The zero-order valence-electron chi connectivity index (χ0n) is 19.8. The van der Waals surface area contributed by atoms with Crippen molar-refractivity contribution in [1.82, 2.24) is 15.1 Å². The number of carboxylic acids is 1. The van der Waals surface area contributed by atoms with Gasteiger partial charge in [-0.1, -0.05) is 54.9 Å². The van der Waals surface area contributed by atoms with Crippen LogP contribution >= 0.6 is 11.6 Å². The van der Waals surface area contributed by atoms with Crippen molar-refractivity contribution >= 4 is 29.4 Å². The van der Waals surface area contributed by atoms with E-state index in [0.717, 1.165) is 26.2 Å². The van der Waals surface area contributed by atoms with E-state index in [1.807, 2.05) is 23.1 Å². The minimum atomic E-state index is -5.08. The van der Waals surface area contributed by atoms with E-state index in [1.165, 1.54) is 5.56 Å². The molecule has 1 aliphatic rings. The number of alkyl halides is 3. The van der Waals surface area contributed by atoms with Crippen LogP contribution in [0.15, 0.2) is 54.6 Å². The number of amides is 2. The Hall–Kier alpha value is -3.11. The molecule has 0 saturated carbocycles. The molecule has 7 nitrogen and oxygen atoms in total. The van der Waals surface area contributed by atoms with Gasteiger partial charge in [0.25, 0.3) is 5.91 Å². The monoisotopic (exact) mass is 527 g/mol. The normalized spacial score (nSPS) is 14.3. The van der Waals surface area contributed by atoms with Gasteiger partial charge >= 0.3 is 12.1 Å². The average Bonchev–Trinajstić information content (AvgIpc) is 2.86. The molecule has 1 saturated heterocycles. The maximum Gasteiger partial charge on any atom is 0.490 e. The van der Waals surface area contributed by atoms with E-state index in [1.54, 1.807) is 29.2 Å². The van der Waals surface area contributed by atoms with E-state index in [4.69, 9.17) is 21.5 Å². The lowest BCUT2D eigenvalue weighted by Crippen LogP contribution is -2.47. The number of halogens is 4. The van der Waals surface area contributed by atoms with Crippen molar-refractivity contribution in [2.24, 2.45) is 0 Å². The van der Waals surface area contributed by atoms with E-state index in [2.05, 4.69) is 24.4 Å². The number of aliphatic carboxylic acids is 1. The molecule has 3 rings (SSSR count). The van der Waals surface area contributed by atoms with Crippen molar-refractivity contribution in [1.29, 1.82) is 0 Å². The van der Waals surface area contributed by atoms with Crippen LogP contribution in [0, 0.1) is 0 Å². The highest BCUT2D eigenvalue weighted by Gasteiger charge is 2.38. The Kier molecular flexibility index (Phi) is 11.2. The van der Waals surface area contributed by atoms with E-state index in [-0.39, 0.29) is 17.7 Å². The maximum atomic E-state index is 13.2. The number of hydrogen-bond donors (Lipinski definition) is 2. The Morgan fingerprint density at radius 2 is 1.69 bits per heavy atom. The van der Waals surface area contributed by atoms with Crippen LogP contribution in [0.4, 0.5) is 13.2 Å². The summed E-state index contributed by atoms with van der Waals surface area (Å²) in [7, 11) is 0. The van der Waals surface area contributed by atoms with Gasteiger partial charge in [-0.2, -0.15) is 13.2 Å². The summed E-state index contributed by atoms with van der Waals surface area (Å²) in [6.07, 6.45) is -4.76. The number of benzene rings is 2. The first-order chi connectivity index (χ1) is 17.0. The minimum absolute atomic E-state index is 0.0941. The standard InChI is InChI=1S/C23H28ClN3O2.C2HF3O2/c1-18(19-6-3-2-4-7-19)17-27(23(29)20-8-5-9-21(24)16-20)13-10-22(28)26-14-11-25-12-15-26;3-2(4,5)1(6)7/h2-9,16,18,25H,10-15,17H2,1H3;(H,6,7). The molecule has 1 unspecified atom stereocenters. The fraction of sp³-hybridized carbons (Fsp3) is 0.400. The summed E-state index contributed by atoms with van der Waals surface area (Å²) in [4.78, 5) is 38.3. The second-order valence-electron chi connectivity index (χ2n) is 8.26. The number of nitrogens with zero attached hydrogens (tertiary/aromatic N) is 2. The zero-order chi connectivity index (χ0) is 26.7. The molecule has 0 radical (unpaired) electrons. The van der Waals surface area contributed by atoms with Crippen LogP contribution in [0.2, 0.25) is 5.02 Å². The van der Waals surface area contributed by atoms with E-state index in [9.17, 15) is 22.8 Å². The third-order valence-corrected chi connectivity index (χ3v) is 5.76. The average molecular weight is 528 g/mol. The maximum absolute atomic E-state index is 13.2. The van der Waals surface area contributed by atoms with Crippen LogP contribution in [-0.4, -0.2) is 78.1 Å². The molecule has 0 aromatic heterocycles. The van der Waals surface area contributed by atoms with Gasteiger partial charge in [-0.25, -0.2) is 4.79 Å². The van der Waals surface area contributed by atoms with E-state index in [0.29, 0.717) is 30.1 Å². The predicted octanol–water partition coefficient (Wildman–Crippen LogP) is 4.04. The lowest BCUT2D eigenvalue weighted by atomic mass is 10.00. The number of nitrogens with one attached hydrogen (secondary N) is 1. The molecule has 2 amide bonds. The molecule has 1 atom stereocenters. The smallest absolute Gasteiger partial charge is 0.475 e. The first-order valence-electron chi connectivity index (χ1n) is 11.4. The molecule has 0 bridgehead atoms. The first kappa shape index (κ1) is 29.1. The molecular formula is C25H29ClF3N3O4. The van der Waals surface area contributed by atoms with Gasteiger partial charge in [0.1, 0.15) is 0 Å². The highest BCUT2D eigenvalue weighted by molar-refractivity contribution is 6.30. The van der Waals surface area contributed by atoms with Gasteiger partial charge < -0.3 is 20.2 Å². The van der Waals surface area contributed by atoms with Crippen LogP contribution < -0.4 is 5.32 Å². The van der Waals surface area contributed by atoms with Gasteiger partial charge in [-0.15, -0.1) is 0 Å². The number of carboxylic acid groups (broad SMARTS) is 1. The summed E-state index contributed by atoms with van der Waals surface area (Å²) in [6, 6.07) is 17.1. The summed E-state index contributed by atoms with van der Waals surface area (Å²) in [6.45, 7) is 6.13. The fourth-order valence-corrected chi connectivity index (χ4v) is 3.79. The molecule has 36 heavy (non-hydrogen) atoms. The highest BCUT2D eigenvalue weighted by Crippen LogP contribution is 2.19. The van der Waals surface area contributed by atoms with E-state index >= 15 is 0 Å². The third kappa shape index (κ3) is 9.50. The summed E-state index contributed by atoms with van der Waals surface area (Å²) in [5.74, 6) is -2.59. The Bertz CT molecular complexity index is 1020. The predicted molar refractivity (Wildman–Crippen MR) is 130 cm³/mol. The highest BCUT2D eigenvalue weighted by atomic mass is 35.5. The molecule has 196 valence electrons. The third-order valence-electron chi connectivity index (χ3n) is 5.53. The molecule has 0 spiro atoms. The molecule has 1 heterocycles. The van der Waals surface area contributed by atoms with Gasteiger partial charge in [0, 0.05) is 56.3 Å². The molecule has 2 aromatic carbocycles. The van der Waals surface area contributed by atoms with Crippen molar-refractivity contribution in [2.75, 3.05) is 39.3 Å². The fourth-order valence-electron chi connectivity index (χ4n) is 3.60. The van der Waals surface area contributed by atoms with Crippen molar-refractivity contribution < 1.29 is 32.7 Å². The summed E-state index contributed by atoms with van der Waals surface area (Å²) in [5.41, 5.74) is 1.72. The quantitative estimate of drug-likeness (QED) is 0.567. The van der Waals surface area contributed by atoms with Crippen LogP contribution in [0.1, 0.15) is 35.2 Å². The minimum Gasteiger partial charge on any atom is -0.475 e. The zero-order valence-corrected chi connectivity index (χ0v) is 20.6. The second-order valence-corrected chi connectivity index (χ2v) is 8.69. The van der Waals surface area contributed by atoms with Crippen molar-refractivity contribution in [3.8, 4) is 0 Å². The lowest BCUT2D eigenvalue weighted by molar-refractivity contribution is -0.192. The van der Waals surface area contributed by atoms with Crippen LogP contribution in [-0.2, 0) is 9.59 Å². The second kappa shape index (κ2) is 13.8. The van der Waals surface area contributed by atoms with E-state index < -0.39 is 12.1 Å². The van der Waals surface area contributed by atoms with Gasteiger partial charge in [0.2, 0.25) is 5.91 Å². The Labute approximate surface area is 212 Å². The van der Waals surface area contributed by atoms with Crippen molar-refractivity contribution in [3.63, 3.8) is 0 Å². The molecule has 1 aliphatic heterocycles. The van der Waals surface area contributed by atoms with Crippen molar-refractivity contribution in [2.45, 2.75) is 25.4 Å².